The lowest BCUT2D eigenvalue weighted by atomic mass is 10.0. The maximum absolute atomic E-state index is 9.70. The van der Waals surface area contributed by atoms with Crippen LogP contribution >= 0.6 is 0 Å². The van der Waals surface area contributed by atoms with Gasteiger partial charge in [0.05, 0.1) is 35.8 Å². The summed E-state index contributed by atoms with van der Waals surface area (Å²) in [6.45, 7) is 0. The highest BCUT2D eigenvalue weighted by atomic mass is 15.0. The first-order chi connectivity index (χ1) is 29.0. The molecule has 0 saturated carbocycles. The molecule has 0 atom stereocenters. The number of para-hydroxylation sites is 2. The summed E-state index contributed by atoms with van der Waals surface area (Å²) in [5.74, 6) is 0. The molecule has 2 aromatic heterocycles. The predicted molar refractivity (Wildman–Crippen MR) is 211 cm³/mol. The first kappa shape index (κ1) is 20.0. The van der Waals surface area contributed by atoms with E-state index in [0.717, 1.165) is 33.4 Å². The van der Waals surface area contributed by atoms with Gasteiger partial charge >= 0.3 is 0 Å². The van der Waals surface area contributed by atoms with Gasteiger partial charge in [-0.05, 0) is 81.8 Å². The smallest absolute Gasteiger partial charge is 0.0646 e. The first-order valence-electron chi connectivity index (χ1n) is 21.4. The minimum Gasteiger partial charge on any atom is -0.309 e. The minimum atomic E-state index is -0.489. The van der Waals surface area contributed by atoms with Crippen molar-refractivity contribution in [1.82, 2.24) is 9.13 Å². The van der Waals surface area contributed by atoms with E-state index in [2.05, 4.69) is 24.3 Å². The monoisotopic (exact) mass is 646 g/mol. The Morgan fingerprint density at radius 1 is 0.320 bits per heavy atom. The fraction of sp³-hybridized carbons (Fsp3) is 0. The highest BCUT2D eigenvalue weighted by Crippen LogP contribution is 2.42. The number of hydrogen-bond donors (Lipinski definition) is 0. The molecule has 2 heteroatoms. The second-order valence-corrected chi connectivity index (χ2v) is 12.2. The van der Waals surface area contributed by atoms with Crippen LogP contribution in [0.3, 0.4) is 0 Å². The molecule has 0 saturated heterocycles. The molecule has 0 bridgehead atoms. The van der Waals surface area contributed by atoms with Crippen LogP contribution in [0.5, 0.6) is 0 Å². The molecule has 0 fully saturated rings. The third-order valence-corrected chi connectivity index (χ3v) is 9.42. The lowest BCUT2D eigenvalue weighted by Gasteiger charge is -2.11. The van der Waals surface area contributed by atoms with Crippen LogP contribution in [0.25, 0.3) is 88.4 Å². The topological polar surface area (TPSA) is 9.86 Å². The van der Waals surface area contributed by atoms with Gasteiger partial charge in [-0.2, -0.15) is 0 Å². The van der Waals surface area contributed by atoms with Crippen molar-refractivity contribution in [1.29, 1.82) is 0 Å². The number of hydrogen-bond acceptors (Lipinski definition) is 0. The minimum absolute atomic E-state index is 0.0829. The highest BCUT2D eigenvalue weighted by molar-refractivity contribution is 6.28. The van der Waals surface area contributed by atoms with E-state index in [-0.39, 0.29) is 79.9 Å². The molecule has 2 heterocycles. The maximum Gasteiger partial charge on any atom is 0.0646 e. The van der Waals surface area contributed by atoms with E-state index in [9.17, 15) is 8.22 Å². The van der Waals surface area contributed by atoms with Crippen molar-refractivity contribution in [3.8, 4) is 44.8 Å². The standard InChI is InChI=1S/C48H32N2/c1-3-12-33(13-4-1)35-22-24-36(25-23-35)37-26-28-39(29-27-37)49-43-20-9-7-18-41(43)47-45(49)30-31-46-48(47)42-19-8-10-21-44(42)50(46)40-17-11-16-38(32-40)34-14-5-2-6-15-34/h1-32H/i7D,8D,9D,10D,18D,19D,20D,21D,30D,31D. The Morgan fingerprint density at radius 3 is 1.28 bits per heavy atom. The Labute approximate surface area is 304 Å². The van der Waals surface area contributed by atoms with E-state index in [1.54, 1.807) is 15.2 Å². The fourth-order valence-corrected chi connectivity index (χ4v) is 7.10. The molecule has 10 aromatic rings. The van der Waals surface area contributed by atoms with Crippen molar-refractivity contribution in [2.45, 2.75) is 0 Å². The molecular formula is C48H32N2. The average Bonchev–Trinajstić information content (AvgIpc) is 3.84. The van der Waals surface area contributed by atoms with Gasteiger partial charge in [0.1, 0.15) is 0 Å². The average molecular weight is 647 g/mol. The SMILES string of the molecule is [2H]c1c([2H])c([2H])c2c(c1[2H])c1c3c4c([2H])c([2H])c([2H])c([2H])c4n(-c4cccc(-c5ccccc5)c4)c3c([2H])c([2H])c1n2-c1ccc(-c2ccc(-c3ccccc3)cc2)cc1. The lowest BCUT2D eigenvalue weighted by Crippen LogP contribution is -1.95. The summed E-state index contributed by atoms with van der Waals surface area (Å²) >= 11 is 0. The summed E-state index contributed by atoms with van der Waals surface area (Å²) in [6.07, 6.45) is 0. The van der Waals surface area contributed by atoms with Crippen LogP contribution in [0, 0.1) is 0 Å². The van der Waals surface area contributed by atoms with Crippen LogP contribution < -0.4 is 0 Å². The number of aromatic nitrogens is 2. The molecular weight excluding hydrogens is 605 g/mol. The second kappa shape index (κ2) is 11.5. The van der Waals surface area contributed by atoms with Crippen LogP contribution in [-0.4, -0.2) is 9.13 Å². The Hall–Kier alpha value is -6.64. The normalized spacial score (nSPS) is 14.4. The Balaban J connectivity index is 1.31. The molecule has 0 aliphatic rings. The zero-order valence-corrected chi connectivity index (χ0v) is 26.6. The van der Waals surface area contributed by atoms with Crippen molar-refractivity contribution < 1.29 is 13.7 Å². The summed E-state index contributed by atoms with van der Waals surface area (Å²) in [7, 11) is 0. The molecule has 8 aromatic carbocycles. The number of fused-ring (bicyclic) bond motifs is 7. The van der Waals surface area contributed by atoms with E-state index in [1.165, 1.54) is 0 Å². The van der Waals surface area contributed by atoms with E-state index in [1.807, 2.05) is 103 Å². The number of rotatable bonds is 5. The van der Waals surface area contributed by atoms with Gasteiger partial charge in [0.25, 0.3) is 0 Å². The fourth-order valence-electron chi connectivity index (χ4n) is 7.10. The Morgan fingerprint density at radius 2 is 0.740 bits per heavy atom. The Bertz CT molecular complexity index is 3390. The van der Waals surface area contributed by atoms with Crippen LogP contribution in [0.4, 0.5) is 0 Å². The quantitative estimate of drug-likeness (QED) is 0.176. The first-order valence-corrected chi connectivity index (χ1v) is 16.4. The van der Waals surface area contributed by atoms with Crippen LogP contribution in [-0.2, 0) is 0 Å². The molecule has 50 heavy (non-hydrogen) atoms. The van der Waals surface area contributed by atoms with Gasteiger partial charge in [0.2, 0.25) is 0 Å². The molecule has 0 spiro atoms. The van der Waals surface area contributed by atoms with Crippen LogP contribution in [0.2, 0.25) is 0 Å². The van der Waals surface area contributed by atoms with Gasteiger partial charge in [-0.1, -0.05) is 145 Å². The van der Waals surface area contributed by atoms with Crippen molar-refractivity contribution in [3.63, 3.8) is 0 Å². The number of benzene rings is 8. The summed E-state index contributed by atoms with van der Waals surface area (Å²) in [6, 6.07) is 38.9. The zero-order valence-electron chi connectivity index (χ0n) is 36.6. The zero-order chi connectivity index (χ0) is 41.7. The summed E-state index contributed by atoms with van der Waals surface area (Å²) in [5.41, 5.74) is 7.16. The van der Waals surface area contributed by atoms with Crippen molar-refractivity contribution in [2.75, 3.05) is 0 Å². The molecule has 0 radical (unpaired) electrons. The summed E-state index contributed by atoms with van der Waals surface area (Å²) < 4.78 is 94.7. The van der Waals surface area contributed by atoms with Crippen LogP contribution in [0.15, 0.2) is 194 Å². The molecule has 0 aliphatic carbocycles. The molecule has 2 nitrogen and oxygen atoms in total. The third-order valence-electron chi connectivity index (χ3n) is 9.42. The van der Waals surface area contributed by atoms with E-state index in [4.69, 9.17) is 5.48 Å². The van der Waals surface area contributed by atoms with E-state index < -0.39 is 24.2 Å². The summed E-state index contributed by atoms with van der Waals surface area (Å²) in [4.78, 5) is 0. The molecule has 0 unspecified atom stereocenters. The summed E-state index contributed by atoms with van der Waals surface area (Å²) in [5, 5.41) is 0.559. The predicted octanol–water partition coefficient (Wildman–Crippen LogP) is 12.9. The van der Waals surface area contributed by atoms with Gasteiger partial charge in [0.15, 0.2) is 0 Å². The molecule has 0 aliphatic heterocycles. The van der Waals surface area contributed by atoms with Crippen molar-refractivity contribution in [3.05, 3.63) is 194 Å². The second-order valence-electron chi connectivity index (χ2n) is 12.2. The lowest BCUT2D eigenvalue weighted by molar-refractivity contribution is 1.17. The maximum atomic E-state index is 9.70. The van der Waals surface area contributed by atoms with Gasteiger partial charge in [-0.15, -0.1) is 0 Å². The van der Waals surface area contributed by atoms with Crippen LogP contribution in [0.1, 0.15) is 13.7 Å². The molecule has 0 amide bonds. The molecule has 234 valence electrons. The van der Waals surface area contributed by atoms with E-state index in [0.29, 0.717) is 11.4 Å². The third kappa shape index (κ3) is 4.50. The van der Waals surface area contributed by atoms with Gasteiger partial charge in [-0.25, -0.2) is 0 Å². The number of nitrogens with zero attached hydrogens (tertiary/aromatic N) is 2. The highest BCUT2D eigenvalue weighted by Gasteiger charge is 2.20. The molecule has 0 N–H and O–H groups in total. The largest absolute Gasteiger partial charge is 0.309 e. The van der Waals surface area contributed by atoms with E-state index >= 15 is 0 Å². The van der Waals surface area contributed by atoms with Gasteiger partial charge < -0.3 is 9.13 Å². The van der Waals surface area contributed by atoms with Gasteiger partial charge in [0, 0.05) is 32.9 Å². The molecule has 10 rings (SSSR count). The van der Waals surface area contributed by atoms with Gasteiger partial charge in [-0.3, -0.25) is 0 Å². The van der Waals surface area contributed by atoms with Crippen molar-refractivity contribution >= 4 is 43.6 Å². The van der Waals surface area contributed by atoms with Crippen molar-refractivity contribution in [2.24, 2.45) is 0 Å². The Kier molecular flexibility index (Phi) is 4.60.